The van der Waals surface area contributed by atoms with Gasteiger partial charge in [-0.3, -0.25) is 9.69 Å². The van der Waals surface area contributed by atoms with E-state index in [1.54, 1.807) is 12.1 Å². The van der Waals surface area contributed by atoms with Crippen molar-refractivity contribution in [3.8, 4) is 6.07 Å². The summed E-state index contributed by atoms with van der Waals surface area (Å²) in [6.45, 7) is 8.40. The molecule has 0 radical (unpaired) electrons. The van der Waals surface area contributed by atoms with Gasteiger partial charge < -0.3 is 10.0 Å². The molecule has 0 amide bonds. The molecular weight excluding hydrogens is 465 g/mol. The van der Waals surface area contributed by atoms with E-state index in [9.17, 15) is 14.3 Å². The molecule has 3 unspecified atom stereocenters. The summed E-state index contributed by atoms with van der Waals surface area (Å²) in [7, 11) is 0. The van der Waals surface area contributed by atoms with Crippen LogP contribution in [-0.2, 0) is 11.2 Å². The third-order valence-corrected chi connectivity index (χ3v) is 8.38. The molecule has 2 aromatic rings. The Morgan fingerprint density at radius 3 is 2.49 bits per heavy atom. The van der Waals surface area contributed by atoms with Gasteiger partial charge in [0.2, 0.25) is 0 Å². The second-order valence-corrected chi connectivity index (χ2v) is 11.3. The molecule has 0 saturated carbocycles. The van der Waals surface area contributed by atoms with Crippen LogP contribution in [0.25, 0.3) is 0 Å². The van der Waals surface area contributed by atoms with Crippen LogP contribution in [0.5, 0.6) is 0 Å². The van der Waals surface area contributed by atoms with Crippen LogP contribution in [-0.4, -0.2) is 59.6 Å². The van der Waals surface area contributed by atoms with Crippen LogP contribution in [0, 0.1) is 34.9 Å². The van der Waals surface area contributed by atoms with Gasteiger partial charge in [-0.2, -0.15) is 5.26 Å². The fourth-order valence-electron chi connectivity index (χ4n) is 6.42. The highest BCUT2D eigenvalue weighted by Gasteiger charge is 2.41. The van der Waals surface area contributed by atoms with Crippen molar-refractivity contribution in [3.05, 3.63) is 71.0 Å². The van der Waals surface area contributed by atoms with Crippen molar-refractivity contribution in [2.24, 2.45) is 17.8 Å². The fourth-order valence-corrected chi connectivity index (χ4v) is 6.42. The van der Waals surface area contributed by atoms with Gasteiger partial charge in [0.05, 0.1) is 11.6 Å². The highest BCUT2D eigenvalue weighted by atomic mass is 19.1. The van der Waals surface area contributed by atoms with Crippen molar-refractivity contribution >= 4 is 5.97 Å². The average molecular weight is 506 g/mol. The van der Waals surface area contributed by atoms with Gasteiger partial charge in [-0.1, -0.05) is 44.5 Å². The molecule has 3 atom stereocenters. The number of hydrogen-bond donors (Lipinski definition) is 1. The first kappa shape index (κ1) is 27.3. The van der Waals surface area contributed by atoms with Crippen LogP contribution in [0.3, 0.4) is 0 Å². The fraction of sp³-hybridized carbons (Fsp3) is 0.548. The van der Waals surface area contributed by atoms with Crippen LogP contribution in [0.1, 0.15) is 62.1 Å². The standard InChI is InChI=1S/C31H40FN3O2/c1-22(2)30(31(36)37)35-20-27(29(21-35)26-7-4-8-28(32)17-26)19-34-15-13-24(14-16-34)6-3-5-23-9-11-25(18-33)12-10-23/h4,7-12,17,22,24,27,29-30H,3,5-6,13-16,19-21H2,1-2H3,(H,36,37). The van der Waals surface area contributed by atoms with Crippen molar-refractivity contribution in [2.45, 2.75) is 57.9 Å². The van der Waals surface area contributed by atoms with Gasteiger partial charge in [-0.25, -0.2) is 4.39 Å². The number of aryl methyl sites for hydroxylation is 1. The predicted molar refractivity (Wildman–Crippen MR) is 144 cm³/mol. The van der Waals surface area contributed by atoms with Crippen LogP contribution in [0.4, 0.5) is 4.39 Å². The molecule has 0 aliphatic carbocycles. The van der Waals surface area contributed by atoms with Crippen molar-refractivity contribution in [3.63, 3.8) is 0 Å². The van der Waals surface area contributed by atoms with E-state index < -0.39 is 12.0 Å². The lowest BCUT2D eigenvalue weighted by Gasteiger charge is -2.35. The van der Waals surface area contributed by atoms with Gasteiger partial charge in [0.1, 0.15) is 11.9 Å². The molecule has 2 saturated heterocycles. The molecule has 5 nitrogen and oxygen atoms in total. The van der Waals surface area contributed by atoms with Gasteiger partial charge in [-0.15, -0.1) is 0 Å². The van der Waals surface area contributed by atoms with Crippen LogP contribution >= 0.6 is 0 Å². The summed E-state index contributed by atoms with van der Waals surface area (Å²) >= 11 is 0. The minimum absolute atomic E-state index is 0.0180. The number of aliphatic carboxylic acids is 1. The summed E-state index contributed by atoms with van der Waals surface area (Å²) in [5.41, 5.74) is 2.99. The highest BCUT2D eigenvalue weighted by molar-refractivity contribution is 5.73. The number of benzene rings is 2. The normalized spacial score (nSPS) is 22.2. The molecule has 0 aromatic heterocycles. The highest BCUT2D eigenvalue weighted by Crippen LogP contribution is 2.36. The van der Waals surface area contributed by atoms with Crippen LogP contribution < -0.4 is 0 Å². The summed E-state index contributed by atoms with van der Waals surface area (Å²) in [6, 6.07) is 16.5. The number of halogens is 1. The molecule has 2 heterocycles. The number of nitrogens with zero attached hydrogens (tertiary/aromatic N) is 3. The topological polar surface area (TPSA) is 67.6 Å². The summed E-state index contributed by atoms with van der Waals surface area (Å²) in [5.74, 6) is 0.192. The van der Waals surface area contributed by atoms with E-state index in [0.29, 0.717) is 12.1 Å². The Kier molecular flexibility index (Phi) is 9.34. The number of piperidine rings is 1. The number of carboxylic acid groups (broad SMARTS) is 1. The molecule has 1 N–H and O–H groups in total. The Labute approximate surface area is 220 Å². The molecular formula is C31H40FN3O2. The smallest absolute Gasteiger partial charge is 0.321 e. The molecule has 2 fully saturated rings. The van der Waals surface area contributed by atoms with Crippen molar-refractivity contribution < 1.29 is 14.3 Å². The third kappa shape index (κ3) is 7.18. The zero-order valence-electron chi connectivity index (χ0n) is 22.2. The summed E-state index contributed by atoms with van der Waals surface area (Å²) in [6.07, 6.45) is 5.84. The molecule has 2 aliphatic heterocycles. The second kappa shape index (κ2) is 12.7. The number of likely N-dealkylation sites (tertiary alicyclic amines) is 2. The molecule has 0 bridgehead atoms. The maximum Gasteiger partial charge on any atom is 0.321 e. The molecule has 198 valence electrons. The Bertz CT molecular complexity index is 1070. The van der Waals surface area contributed by atoms with Gasteiger partial charge in [0, 0.05) is 25.6 Å². The number of rotatable bonds is 10. The lowest BCUT2D eigenvalue weighted by Crippen LogP contribution is -2.44. The van der Waals surface area contributed by atoms with E-state index in [2.05, 4.69) is 28.0 Å². The Hall–Kier alpha value is -2.75. The minimum Gasteiger partial charge on any atom is -0.480 e. The number of nitriles is 1. The Morgan fingerprint density at radius 1 is 1.14 bits per heavy atom. The van der Waals surface area contributed by atoms with E-state index in [-0.39, 0.29) is 23.6 Å². The quantitative estimate of drug-likeness (QED) is 0.458. The van der Waals surface area contributed by atoms with E-state index in [4.69, 9.17) is 5.26 Å². The predicted octanol–water partition coefficient (Wildman–Crippen LogP) is 5.56. The maximum absolute atomic E-state index is 14.1. The van der Waals surface area contributed by atoms with Gasteiger partial charge in [-0.05, 0) is 91.9 Å². The van der Waals surface area contributed by atoms with E-state index in [1.165, 1.54) is 37.3 Å². The first-order valence-electron chi connectivity index (χ1n) is 13.8. The lowest BCUT2D eigenvalue weighted by molar-refractivity contribution is -0.144. The zero-order chi connectivity index (χ0) is 26.4. The molecule has 4 rings (SSSR count). The summed E-state index contributed by atoms with van der Waals surface area (Å²) in [5, 5.41) is 18.8. The zero-order valence-corrected chi connectivity index (χ0v) is 22.2. The average Bonchev–Trinajstić information content (AvgIpc) is 3.28. The van der Waals surface area contributed by atoms with Crippen LogP contribution in [0.15, 0.2) is 48.5 Å². The molecule has 2 aliphatic rings. The van der Waals surface area contributed by atoms with Crippen molar-refractivity contribution in [1.82, 2.24) is 9.80 Å². The monoisotopic (exact) mass is 505 g/mol. The van der Waals surface area contributed by atoms with Crippen LogP contribution in [0.2, 0.25) is 0 Å². The lowest BCUT2D eigenvalue weighted by atomic mass is 9.86. The largest absolute Gasteiger partial charge is 0.480 e. The molecule has 37 heavy (non-hydrogen) atoms. The van der Waals surface area contributed by atoms with Gasteiger partial charge in [0.15, 0.2) is 0 Å². The minimum atomic E-state index is -0.768. The molecule has 6 heteroatoms. The number of hydrogen-bond acceptors (Lipinski definition) is 4. The molecule has 0 spiro atoms. The summed E-state index contributed by atoms with van der Waals surface area (Å²) < 4.78 is 14.1. The second-order valence-electron chi connectivity index (χ2n) is 11.3. The van der Waals surface area contributed by atoms with E-state index >= 15 is 0 Å². The van der Waals surface area contributed by atoms with Gasteiger partial charge in [0.25, 0.3) is 0 Å². The first-order chi connectivity index (χ1) is 17.8. The van der Waals surface area contributed by atoms with Gasteiger partial charge >= 0.3 is 5.97 Å². The molecule has 2 aromatic carbocycles. The number of carboxylic acids is 1. The SMILES string of the molecule is CC(C)C(C(=O)O)N1CC(CN2CCC(CCCc3ccc(C#N)cc3)CC2)C(c2cccc(F)c2)C1. The maximum atomic E-state index is 14.1. The Morgan fingerprint density at radius 2 is 1.86 bits per heavy atom. The Balaban J connectivity index is 1.31. The number of carbonyl (C=O) groups is 1. The summed E-state index contributed by atoms with van der Waals surface area (Å²) in [4.78, 5) is 16.7. The third-order valence-electron chi connectivity index (χ3n) is 8.38. The van der Waals surface area contributed by atoms with Crippen molar-refractivity contribution in [1.29, 1.82) is 5.26 Å². The van der Waals surface area contributed by atoms with E-state index in [1.807, 2.05) is 32.0 Å². The van der Waals surface area contributed by atoms with E-state index in [0.717, 1.165) is 44.1 Å². The van der Waals surface area contributed by atoms with Crippen molar-refractivity contribution in [2.75, 3.05) is 32.7 Å². The first-order valence-corrected chi connectivity index (χ1v) is 13.8.